The summed E-state index contributed by atoms with van der Waals surface area (Å²) in [7, 11) is 1.61. The summed E-state index contributed by atoms with van der Waals surface area (Å²) in [5, 5.41) is 9.36. The van der Waals surface area contributed by atoms with E-state index in [1.807, 2.05) is 55.5 Å². The molecule has 0 aliphatic rings. The van der Waals surface area contributed by atoms with Crippen molar-refractivity contribution >= 4 is 12.0 Å². The van der Waals surface area contributed by atoms with Gasteiger partial charge in [-0.25, -0.2) is 4.79 Å². The Labute approximate surface area is 136 Å². The van der Waals surface area contributed by atoms with Crippen molar-refractivity contribution in [2.75, 3.05) is 7.11 Å². The highest BCUT2D eigenvalue weighted by molar-refractivity contribution is 5.90. The summed E-state index contributed by atoms with van der Waals surface area (Å²) in [5.41, 5.74) is 2.75. The van der Waals surface area contributed by atoms with Gasteiger partial charge in [0, 0.05) is 0 Å². The predicted octanol–water partition coefficient (Wildman–Crippen LogP) is 3.90. The second kappa shape index (κ2) is 8.03. The summed E-state index contributed by atoms with van der Waals surface area (Å²) in [5.74, 6) is -0.409. The molecule has 1 N–H and O–H groups in total. The van der Waals surface area contributed by atoms with Crippen LogP contribution >= 0.6 is 0 Å². The van der Waals surface area contributed by atoms with Gasteiger partial charge in [-0.2, -0.15) is 0 Å². The van der Waals surface area contributed by atoms with Gasteiger partial charge in [-0.15, -0.1) is 0 Å². The van der Waals surface area contributed by atoms with Crippen molar-refractivity contribution in [2.24, 2.45) is 0 Å². The molecule has 120 valence electrons. The molecule has 0 aromatic heterocycles. The Balaban J connectivity index is 2.23. The van der Waals surface area contributed by atoms with Gasteiger partial charge in [0.05, 0.1) is 7.11 Å². The van der Waals surface area contributed by atoms with Crippen LogP contribution in [0.5, 0.6) is 5.75 Å². The van der Waals surface area contributed by atoms with Crippen LogP contribution in [0, 0.1) is 0 Å². The van der Waals surface area contributed by atoms with Crippen molar-refractivity contribution in [1.29, 1.82) is 0 Å². The highest BCUT2D eigenvalue weighted by atomic mass is 16.5. The lowest BCUT2D eigenvalue weighted by Crippen LogP contribution is -2.05. The fourth-order valence-electron chi connectivity index (χ4n) is 2.20. The molecule has 23 heavy (non-hydrogen) atoms. The predicted molar refractivity (Wildman–Crippen MR) is 89.2 cm³/mol. The molecule has 0 bridgehead atoms. The van der Waals surface area contributed by atoms with E-state index in [0.717, 1.165) is 28.9 Å². The molecule has 4 nitrogen and oxygen atoms in total. The van der Waals surface area contributed by atoms with Crippen LogP contribution in [0.15, 0.2) is 54.3 Å². The Morgan fingerprint density at radius 1 is 1.17 bits per heavy atom. The van der Waals surface area contributed by atoms with Crippen LogP contribution in [-0.4, -0.2) is 18.2 Å². The molecule has 0 heterocycles. The zero-order valence-electron chi connectivity index (χ0n) is 13.3. The molecule has 0 saturated heterocycles. The minimum atomic E-state index is -1.08. The van der Waals surface area contributed by atoms with E-state index >= 15 is 0 Å². The van der Waals surface area contributed by atoms with E-state index in [4.69, 9.17) is 9.47 Å². The Bertz CT molecular complexity index is 690. The quantitative estimate of drug-likeness (QED) is 0.622. The molecule has 4 heteroatoms. The second-order valence-corrected chi connectivity index (χ2v) is 5.01. The van der Waals surface area contributed by atoms with Crippen LogP contribution in [0.4, 0.5) is 0 Å². The van der Waals surface area contributed by atoms with Gasteiger partial charge < -0.3 is 14.6 Å². The molecule has 0 saturated carbocycles. The molecule has 2 aromatic carbocycles. The van der Waals surface area contributed by atoms with Crippen molar-refractivity contribution in [2.45, 2.75) is 20.0 Å². The normalized spacial score (nSPS) is 11.1. The van der Waals surface area contributed by atoms with E-state index in [9.17, 15) is 9.90 Å². The third-order valence-electron chi connectivity index (χ3n) is 3.47. The van der Waals surface area contributed by atoms with Crippen LogP contribution in [0.2, 0.25) is 0 Å². The van der Waals surface area contributed by atoms with Gasteiger partial charge in [0.1, 0.15) is 12.4 Å². The number of rotatable bonds is 7. The molecule has 2 rings (SSSR count). The number of carboxylic acid groups (broad SMARTS) is 1. The topological polar surface area (TPSA) is 55.8 Å². The Morgan fingerprint density at radius 3 is 2.52 bits per heavy atom. The summed E-state index contributed by atoms with van der Waals surface area (Å²) < 4.78 is 10.7. The van der Waals surface area contributed by atoms with Gasteiger partial charge in [-0.3, -0.25) is 0 Å². The summed E-state index contributed by atoms with van der Waals surface area (Å²) >= 11 is 0. The monoisotopic (exact) mass is 312 g/mol. The van der Waals surface area contributed by atoms with E-state index in [0.29, 0.717) is 0 Å². The van der Waals surface area contributed by atoms with Gasteiger partial charge >= 0.3 is 5.97 Å². The molecule has 0 aliphatic heterocycles. The molecule has 0 unspecified atom stereocenters. The van der Waals surface area contributed by atoms with Gasteiger partial charge in [0.2, 0.25) is 5.76 Å². The lowest BCUT2D eigenvalue weighted by Gasteiger charge is -2.10. The lowest BCUT2D eigenvalue weighted by molar-refractivity contribution is -0.136. The summed E-state index contributed by atoms with van der Waals surface area (Å²) in [6.07, 6.45) is 2.33. The number of hydrogen-bond acceptors (Lipinski definition) is 3. The standard InChI is InChI=1S/C19H20O4/c1-3-15-11-17(22-2)10-9-16(15)12-18(19(20)21)23-13-14-7-5-4-6-8-14/h4-12H,3,13H2,1-2H3,(H,20,21). The fourth-order valence-corrected chi connectivity index (χ4v) is 2.20. The first kappa shape index (κ1) is 16.6. The molecular weight excluding hydrogens is 292 g/mol. The number of carbonyl (C=O) groups is 1. The first-order valence-electron chi connectivity index (χ1n) is 7.42. The van der Waals surface area contributed by atoms with Crippen molar-refractivity contribution in [3.05, 3.63) is 71.0 Å². The molecule has 0 fully saturated rings. The number of aryl methyl sites for hydroxylation is 1. The highest BCUT2D eigenvalue weighted by Gasteiger charge is 2.11. The second-order valence-electron chi connectivity index (χ2n) is 5.01. The first-order valence-corrected chi connectivity index (χ1v) is 7.42. The smallest absolute Gasteiger partial charge is 0.371 e. The highest BCUT2D eigenvalue weighted by Crippen LogP contribution is 2.21. The van der Waals surface area contributed by atoms with Crippen LogP contribution in [0.1, 0.15) is 23.6 Å². The third-order valence-corrected chi connectivity index (χ3v) is 3.47. The van der Waals surface area contributed by atoms with Crippen LogP contribution in [-0.2, 0) is 22.6 Å². The van der Waals surface area contributed by atoms with Crippen molar-refractivity contribution in [3.63, 3.8) is 0 Å². The molecule has 0 amide bonds. The number of ether oxygens (including phenoxy) is 2. The molecular formula is C19H20O4. The van der Waals surface area contributed by atoms with Crippen molar-refractivity contribution in [3.8, 4) is 5.75 Å². The number of hydrogen-bond donors (Lipinski definition) is 1. The van der Waals surface area contributed by atoms with Gasteiger partial charge in [0.25, 0.3) is 0 Å². The minimum Gasteiger partial charge on any atom is -0.497 e. The molecule has 0 radical (unpaired) electrons. The zero-order valence-corrected chi connectivity index (χ0v) is 13.3. The number of carboxylic acids is 1. The summed E-state index contributed by atoms with van der Waals surface area (Å²) in [6, 6.07) is 15.0. The van der Waals surface area contributed by atoms with E-state index in [2.05, 4.69) is 0 Å². The fraction of sp³-hybridized carbons (Fsp3) is 0.211. The Kier molecular flexibility index (Phi) is 5.80. The molecule has 0 atom stereocenters. The van der Waals surface area contributed by atoms with E-state index in [-0.39, 0.29) is 12.4 Å². The van der Waals surface area contributed by atoms with Crippen molar-refractivity contribution in [1.82, 2.24) is 0 Å². The summed E-state index contributed by atoms with van der Waals surface area (Å²) in [4.78, 5) is 11.4. The van der Waals surface area contributed by atoms with E-state index in [1.54, 1.807) is 13.2 Å². The van der Waals surface area contributed by atoms with Crippen LogP contribution in [0.25, 0.3) is 6.08 Å². The van der Waals surface area contributed by atoms with E-state index < -0.39 is 5.97 Å². The molecule has 0 aliphatic carbocycles. The Morgan fingerprint density at radius 2 is 1.91 bits per heavy atom. The maximum atomic E-state index is 11.4. The van der Waals surface area contributed by atoms with Crippen molar-refractivity contribution < 1.29 is 19.4 Å². The zero-order chi connectivity index (χ0) is 16.7. The number of aliphatic carboxylic acids is 1. The number of methoxy groups -OCH3 is 1. The maximum absolute atomic E-state index is 11.4. The molecule has 0 spiro atoms. The van der Waals surface area contributed by atoms with Gasteiger partial charge in [-0.1, -0.05) is 43.3 Å². The van der Waals surface area contributed by atoms with E-state index in [1.165, 1.54) is 0 Å². The Hall–Kier alpha value is -2.75. The number of benzene rings is 2. The largest absolute Gasteiger partial charge is 0.497 e. The third kappa shape index (κ3) is 4.61. The van der Waals surface area contributed by atoms with Crippen LogP contribution in [0.3, 0.4) is 0 Å². The average Bonchev–Trinajstić information content (AvgIpc) is 2.59. The average molecular weight is 312 g/mol. The van der Waals surface area contributed by atoms with Crippen LogP contribution < -0.4 is 4.74 Å². The van der Waals surface area contributed by atoms with Gasteiger partial charge in [0.15, 0.2) is 0 Å². The first-order chi connectivity index (χ1) is 11.1. The van der Waals surface area contributed by atoms with Gasteiger partial charge in [-0.05, 0) is 41.3 Å². The molecule has 2 aromatic rings. The summed E-state index contributed by atoms with van der Waals surface area (Å²) in [6.45, 7) is 2.23. The minimum absolute atomic E-state index is 0.0753. The lowest BCUT2D eigenvalue weighted by atomic mass is 10.0. The SMILES string of the molecule is CCc1cc(OC)ccc1C=C(OCc1ccccc1)C(=O)O. The maximum Gasteiger partial charge on any atom is 0.371 e.